The largest absolute Gasteiger partial charge is 0.355 e. The maximum absolute atomic E-state index is 12.5. The third kappa shape index (κ3) is 3.45. The third-order valence-corrected chi connectivity index (χ3v) is 3.98. The number of rotatable bonds is 5. The first-order chi connectivity index (χ1) is 11.7. The number of hydrogen-bond acceptors (Lipinski definition) is 5. The van der Waals surface area contributed by atoms with Gasteiger partial charge in [0.25, 0.3) is 11.5 Å². The quantitative estimate of drug-likeness (QED) is 0.907. The van der Waals surface area contributed by atoms with Gasteiger partial charge in [-0.05, 0) is 37.5 Å². The van der Waals surface area contributed by atoms with Crippen LogP contribution >= 0.6 is 0 Å². The molecule has 7 nitrogen and oxygen atoms in total. The molecule has 0 spiro atoms. The average Bonchev–Trinajstić information content (AvgIpc) is 3.12. The van der Waals surface area contributed by atoms with Crippen LogP contribution in [0.3, 0.4) is 0 Å². The molecule has 0 aromatic carbocycles. The highest BCUT2D eigenvalue weighted by Gasteiger charge is 2.19. The van der Waals surface area contributed by atoms with E-state index in [-0.39, 0.29) is 17.2 Å². The van der Waals surface area contributed by atoms with E-state index in [0.29, 0.717) is 12.2 Å². The highest BCUT2D eigenvalue weighted by molar-refractivity contribution is 6.04. The monoisotopic (exact) mass is 327 g/mol. The molecule has 1 N–H and O–H groups in total. The summed E-state index contributed by atoms with van der Waals surface area (Å²) in [4.78, 5) is 30.8. The average molecular weight is 327 g/mol. The Morgan fingerprint density at radius 2 is 2.04 bits per heavy atom. The fourth-order valence-corrected chi connectivity index (χ4v) is 2.80. The van der Waals surface area contributed by atoms with Gasteiger partial charge in [-0.1, -0.05) is 6.92 Å². The Kier molecular flexibility index (Phi) is 4.88. The number of nitrogens with one attached hydrogen (secondary N) is 1. The lowest BCUT2D eigenvalue weighted by Crippen LogP contribution is -2.27. The number of nitrogens with zero attached hydrogens (tertiary/aromatic N) is 4. The summed E-state index contributed by atoms with van der Waals surface area (Å²) in [5, 5.41) is 7.01. The molecular formula is C17H21N5O2. The number of aryl methyl sites for hydroxylation is 1. The van der Waals surface area contributed by atoms with E-state index in [2.05, 4.69) is 20.3 Å². The first-order valence-electron chi connectivity index (χ1n) is 8.28. The topological polar surface area (TPSA) is 80.1 Å². The normalized spacial score (nSPS) is 14.0. The Bertz CT molecular complexity index is 781. The molecule has 3 rings (SSSR count). The van der Waals surface area contributed by atoms with Crippen molar-refractivity contribution in [2.24, 2.45) is 0 Å². The zero-order chi connectivity index (χ0) is 16.9. The number of carbonyl (C=O) groups is 1. The van der Waals surface area contributed by atoms with Gasteiger partial charge in [0.05, 0.1) is 5.69 Å². The van der Waals surface area contributed by atoms with Crippen LogP contribution in [-0.2, 0) is 6.54 Å². The third-order valence-electron chi connectivity index (χ3n) is 3.98. The summed E-state index contributed by atoms with van der Waals surface area (Å²) in [6.07, 6.45) is 4.77. The van der Waals surface area contributed by atoms with Gasteiger partial charge in [-0.25, -0.2) is 9.67 Å². The second-order valence-corrected chi connectivity index (χ2v) is 5.80. The highest BCUT2D eigenvalue weighted by Crippen LogP contribution is 2.26. The van der Waals surface area contributed by atoms with E-state index < -0.39 is 0 Å². The van der Waals surface area contributed by atoms with Gasteiger partial charge in [-0.3, -0.25) is 9.59 Å². The number of amides is 1. The Balaban J connectivity index is 1.83. The first kappa shape index (κ1) is 16.2. The smallest absolute Gasteiger partial charge is 0.276 e. The van der Waals surface area contributed by atoms with Gasteiger partial charge in [-0.15, -0.1) is 0 Å². The van der Waals surface area contributed by atoms with Crippen LogP contribution in [0.4, 0.5) is 11.5 Å². The molecule has 126 valence electrons. The molecule has 2 aromatic rings. The summed E-state index contributed by atoms with van der Waals surface area (Å²) in [6.45, 7) is 4.34. The van der Waals surface area contributed by atoms with Crippen molar-refractivity contribution in [3.63, 3.8) is 0 Å². The summed E-state index contributed by atoms with van der Waals surface area (Å²) in [7, 11) is 0. The second kappa shape index (κ2) is 7.25. The van der Waals surface area contributed by atoms with Crippen LogP contribution < -0.4 is 15.8 Å². The van der Waals surface area contributed by atoms with E-state index in [4.69, 9.17) is 0 Å². The zero-order valence-corrected chi connectivity index (χ0v) is 13.7. The summed E-state index contributed by atoms with van der Waals surface area (Å²) in [6, 6.07) is 6.46. The molecule has 7 heteroatoms. The van der Waals surface area contributed by atoms with Crippen molar-refractivity contribution in [3.8, 4) is 0 Å². The summed E-state index contributed by atoms with van der Waals surface area (Å²) in [5.41, 5.74) is 0.686. The number of pyridine rings is 1. The number of hydrogen-bond donors (Lipinski definition) is 1. The lowest BCUT2D eigenvalue weighted by Gasteiger charge is -2.19. The van der Waals surface area contributed by atoms with Gasteiger partial charge in [0, 0.05) is 31.9 Å². The number of anilines is 2. The van der Waals surface area contributed by atoms with Crippen LogP contribution in [0.2, 0.25) is 0 Å². The molecule has 1 amide bonds. The maximum atomic E-state index is 12.5. The minimum Gasteiger partial charge on any atom is -0.355 e. The number of aromatic nitrogens is 3. The Morgan fingerprint density at radius 1 is 1.25 bits per heavy atom. The molecule has 1 fully saturated rings. The van der Waals surface area contributed by atoms with Crippen molar-refractivity contribution in [2.45, 2.75) is 32.7 Å². The molecule has 0 bridgehead atoms. The Labute approximate surface area is 140 Å². The van der Waals surface area contributed by atoms with Crippen molar-refractivity contribution in [2.75, 3.05) is 23.3 Å². The van der Waals surface area contributed by atoms with Crippen molar-refractivity contribution in [1.82, 2.24) is 14.8 Å². The lowest BCUT2D eigenvalue weighted by atomic mass is 10.3. The van der Waals surface area contributed by atoms with Crippen molar-refractivity contribution >= 4 is 17.4 Å². The predicted octanol–water partition coefficient (Wildman–Crippen LogP) is 1.90. The van der Waals surface area contributed by atoms with Gasteiger partial charge < -0.3 is 10.2 Å². The minimum absolute atomic E-state index is 0.201. The van der Waals surface area contributed by atoms with E-state index in [1.54, 1.807) is 12.3 Å². The van der Waals surface area contributed by atoms with Crippen LogP contribution in [0, 0.1) is 0 Å². The molecular weight excluding hydrogens is 306 g/mol. The number of carbonyl (C=O) groups excluding carboxylic acids is 1. The molecule has 2 aromatic heterocycles. The van der Waals surface area contributed by atoms with E-state index >= 15 is 0 Å². The molecule has 1 aliphatic rings. The van der Waals surface area contributed by atoms with Crippen LogP contribution in [0.1, 0.15) is 36.7 Å². The van der Waals surface area contributed by atoms with Crippen molar-refractivity contribution in [1.29, 1.82) is 0 Å². The van der Waals surface area contributed by atoms with Crippen LogP contribution in [-0.4, -0.2) is 33.8 Å². The highest BCUT2D eigenvalue weighted by atomic mass is 16.2. The fraction of sp³-hybridized carbons (Fsp3) is 0.412. The molecule has 0 atom stereocenters. The summed E-state index contributed by atoms with van der Waals surface area (Å²) < 4.78 is 1.32. The summed E-state index contributed by atoms with van der Waals surface area (Å²) >= 11 is 0. The second-order valence-electron chi connectivity index (χ2n) is 5.80. The van der Waals surface area contributed by atoms with Crippen LogP contribution in [0.25, 0.3) is 0 Å². The molecule has 1 aliphatic heterocycles. The molecule has 1 saturated heterocycles. The molecule has 0 aliphatic carbocycles. The van der Waals surface area contributed by atoms with Gasteiger partial charge in [0.1, 0.15) is 5.69 Å². The fourth-order valence-electron chi connectivity index (χ4n) is 2.80. The lowest BCUT2D eigenvalue weighted by molar-refractivity contribution is 0.101. The molecule has 0 saturated carbocycles. The minimum atomic E-state index is -0.340. The molecule has 3 heterocycles. The van der Waals surface area contributed by atoms with Crippen molar-refractivity contribution in [3.05, 3.63) is 46.5 Å². The van der Waals surface area contributed by atoms with E-state index in [1.165, 1.54) is 16.8 Å². The zero-order valence-electron chi connectivity index (χ0n) is 13.7. The van der Waals surface area contributed by atoms with E-state index in [1.807, 2.05) is 13.0 Å². The standard InChI is InChI=1S/C17H21N5O2/c1-2-10-22-15(23)8-7-14(20-22)17(24)19-13-6-5-9-18-16(13)21-11-3-4-12-21/h5-9H,2-4,10-12H2,1H3,(H,19,24). The molecule has 24 heavy (non-hydrogen) atoms. The van der Waals surface area contributed by atoms with Gasteiger partial charge in [0.15, 0.2) is 5.82 Å². The van der Waals surface area contributed by atoms with Crippen LogP contribution in [0.15, 0.2) is 35.3 Å². The molecule has 0 unspecified atom stereocenters. The Hall–Kier alpha value is -2.70. The van der Waals surface area contributed by atoms with Crippen molar-refractivity contribution < 1.29 is 4.79 Å². The predicted molar refractivity (Wildman–Crippen MR) is 92.4 cm³/mol. The van der Waals surface area contributed by atoms with Crippen LogP contribution in [0.5, 0.6) is 0 Å². The summed E-state index contributed by atoms with van der Waals surface area (Å²) in [5.74, 6) is 0.443. The van der Waals surface area contributed by atoms with Gasteiger partial charge >= 0.3 is 0 Å². The van der Waals surface area contributed by atoms with E-state index in [0.717, 1.165) is 38.2 Å². The van der Waals surface area contributed by atoms with Gasteiger partial charge in [0.2, 0.25) is 0 Å². The Morgan fingerprint density at radius 3 is 2.79 bits per heavy atom. The first-order valence-corrected chi connectivity index (χ1v) is 8.28. The SMILES string of the molecule is CCCn1nc(C(=O)Nc2cccnc2N2CCCC2)ccc1=O. The van der Waals surface area contributed by atoms with E-state index in [9.17, 15) is 9.59 Å². The molecule has 0 radical (unpaired) electrons. The maximum Gasteiger partial charge on any atom is 0.276 e. The van der Waals surface area contributed by atoms with Gasteiger partial charge in [-0.2, -0.15) is 5.10 Å².